The van der Waals surface area contributed by atoms with Crippen molar-refractivity contribution in [3.8, 4) is 5.75 Å². The van der Waals surface area contributed by atoms with E-state index in [-0.39, 0.29) is 12.3 Å². The minimum Gasteiger partial charge on any atom is -0.495 e. The molecule has 5 nitrogen and oxygen atoms in total. The number of aryl methyl sites for hydroxylation is 1. The smallest absolute Gasteiger partial charge is 0.228 e. The Balaban J connectivity index is 1.49. The summed E-state index contributed by atoms with van der Waals surface area (Å²) in [5, 5.41) is 6.04. The second-order valence-corrected chi connectivity index (χ2v) is 7.15. The van der Waals surface area contributed by atoms with Gasteiger partial charge in [0, 0.05) is 33.4 Å². The molecule has 0 spiro atoms. The molecule has 0 aliphatic heterocycles. The van der Waals surface area contributed by atoms with Crippen LogP contribution < -0.4 is 10.1 Å². The Labute approximate surface area is 167 Å². The highest BCUT2D eigenvalue weighted by atomic mass is 16.5. The maximum atomic E-state index is 12.8. The molecule has 2 N–H and O–H groups in total. The lowest BCUT2D eigenvalue weighted by atomic mass is 10.1. The zero-order valence-electron chi connectivity index (χ0n) is 16.2. The van der Waals surface area contributed by atoms with Gasteiger partial charge >= 0.3 is 0 Å². The van der Waals surface area contributed by atoms with Crippen molar-refractivity contribution in [1.82, 2.24) is 4.98 Å². The van der Waals surface area contributed by atoms with Crippen molar-refractivity contribution in [3.05, 3.63) is 71.9 Å². The molecule has 2 aromatic heterocycles. The number of nitrogens with one attached hydrogen (secondary N) is 2. The highest BCUT2D eigenvalue weighted by Gasteiger charge is 2.16. The lowest BCUT2D eigenvalue weighted by Crippen LogP contribution is -2.15. The van der Waals surface area contributed by atoms with Gasteiger partial charge in [-0.15, -0.1) is 0 Å². The van der Waals surface area contributed by atoms with Gasteiger partial charge in [-0.3, -0.25) is 4.79 Å². The number of carbonyl (C=O) groups is 1. The average molecular weight is 384 g/mol. The first-order chi connectivity index (χ1) is 14.1. The lowest BCUT2D eigenvalue weighted by Gasteiger charge is -2.10. The van der Waals surface area contributed by atoms with Gasteiger partial charge in [0.1, 0.15) is 16.9 Å². The van der Waals surface area contributed by atoms with Crippen molar-refractivity contribution in [1.29, 1.82) is 0 Å². The number of H-pyrrole nitrogens is 1. The van der Waals surface area contributed by atoms with Crippen LogP contribution >= 0.6 is 0 Å². The van der Waals surface area contributed by atoms with Gasteiger partial charge in [-0.2, -0.15) is 0 Å². The molecule has 0 bridgehead atoms. The molecule has 0 saturated heterocycles. The second-order valence-electron chi connectivity index (χ2n) is 7.15. The number of fused-ring (bicyclic) bond motifs is 4. The van der Waals surface area contributed by atoms with Gasteiger partial charge in [0.25, 0.3) is 0 Å². The fourth-order valence-electron chi connectivity index (χ4n) is 3.94. The summed E-state index contributed by atoms with van der Waals surface area (Å²) in [6.45, 7) is 1.99. The third-order valence-electron chi connectivity index (χ3n) is 5.34. The highest BCUT2D eigenvalue weighted by molar-refractivity contribution is 6.08. The second kappa shape index (κ2) is 6.71. The van der Waals surface area contributed by atoms with E-state index < -0.39 is 0 Å². The van der Waals surface area contributed by atoms with Crippen LogP contribution in [0, 0.1) is 6.92 Å². The Hall–Kier alpha value is -3.73. The van der Waals surface area contributed by atoms with Crippen molar-refractivity contribution in [2.45, 2.75) is 13.3 Å². The standard InChI is InChI=1S/C24H20N2O3/c1-14-17(15-7-3-5-9-19(15)25-14)12-24(27)26-20-13-22-18(11-23(20)28-2)16-8-4-6-10-21(16)29-22/h3-11,13,25H,12H2,1-2H3,(H,26,27). The number of aromatic nitrogens is 1. The number of carbonyl (C=O) groups excluding carboxylic acids is 1. The number of furan rings is 1. The van der Waals surface area contributed by atoms with Crippen LogP contribution in [0.5, 0.6) is 5.75 Å². The third-order valence-corrected chi connectivity index (χ3v) is 5.34. The molecular formula is C24H20N2O3. The SMILES string of the molecule is COc1cc2c(cc1NC(=O)Cc1c(C)[nH]c3ccccc13)oc1ccccc12. The van der Waals surface area contributed by atoms with Crippen molar-refractivity contribution in [3.63, 3.8) is 0 Å². The molecule has 144 valence electrons. The minimum atomic E-state index is -0.105. The first-order valence-corrected chi connectivity index (χ1v) is 9.49. The van der Waals surface area contributed by atoms with Crippen molar-refractivity contribution < 1.29 is 13.9 Å². The number of hydrogen-bond acceptors (Lipinski definition) is 3. The largest absolute Gasteiger partial charge is 0.495 e. The van der Waals surface area contributed by atoms with Gasteiger partial charge in [0.15, 0.2) is 0 Å². The summed E-state index contributed by atoms with van der Waals surface area (Å²) in [5.74, 6) is 0.500. The van der Waals surface area contributed by atoms with Crippen LogP contribution in [0.1, 0.15) is 11.3 Å². The molecule has 1 amide bonds. The normalized spacial score (nSPS) is 11.4. The van der Waals surface area contributed by atoms with E-state index in [1.807, 2.05) is 67.6 Å². The van der Waals surface area contributed by atoms with E-state index in [9.17, 15) is 4.79 Å². The van der Waals surface area contributed by atoms with Crippen LogP contribution in [0.4, 0.5) is 5.69 Å². The molecule has 2 heterocycles. The van der Waals surface area contributed by atoms with E-state index in [4.69, 9.17) is 9.15 Å². The van der Waals surface area contributed by atoms with Crippen LogP contribution in [0.2, 0.25) is 0 Å². The van der Waals surface area contributed by atoms with Gasteiger partial charge in [-0.1, -0.05) is 36.4 Å². The van der Waals surface area contributed by atoms with Crippen LogP contribution in [0.3, 0.4) is 0 Å². The summed E-state index contributed by atoms with van der Waals surface area (Å²) in [7, 11) is 1.60. The summed E-state index contributed by atoms with van der Waals surface area (Å²) in [4.78, 5) is 16.2. The van der Waals surface area contributed by atoms with Crippen LogP contribution in [0.25, 0.3) is 32.8 Å². The molecule has 3 aromatic carbocycles. The van der Waals surface area contributed by atoms with Gasteiger partial charge in [0.2, 0.25) is 5.91 Å². The number of anilines is 1. The minimum absolute atomic E-state index is 0.105. The maximum Gasteiger partial charge on any atom is 0.228 e. The fourth-order valence-corrected chi connectivity index (χ4v) is 3.94. The number of aromatic amines is 1. The summed E-state index contributed by atoms with van der Waals surface area (Å²) >= 11 is 0. The first kappa shape index (κ1) is 17.4. The van der Waals surface area contributed by atoms with Crippen LogP contribution in [-0.4, -0.2) is 18.0 Å². The van der Waals surface area contributed by atoms with Gasteiger partial charge in [-0.05, 0) is 30.7 Å². The van der Waals surface area contributed by atoms with Crippen molar-refractivity contribution >= 4 is 44.4 Å². The Bertz CT molecular complexity index is 1380. The van der Waals surface area contributed by atoms with Gasteiger partial charge in [0.05, 0.1) is 19.2 Å². The number of methoxy groups -OCH3 is 1. The summed E-state index contributed by atoms with van der Waals surface area (Å²) in [6.07, 6.45) is 0.275. The molecule has 29 heavy (non-hydrogen) atoms. The van der Waals surface area contributed by atoms with Crippen molar-refractivity contribution in [2.75, 3.05) is 12.4 Å². The van der Waals surface area contributed by atoms with Crippen LogP contribution in [-0.2, 0) is 11.2 Å². The average Bonchev–Trinajstić information content (AvgIpc) is 3.24. The molecule has 0 aliphatic rings. The van der Waals surface area contributed by atoms with E-state index in [1.165, 1.54) is 0 Å². The number of amides is 1. The topological polar surface area (TPSA) is 67.3 Å². The van der Waals surface area contributed by atoms with E-state index >= 15 is 0 Å². The molecule has 0 unspecified atom stereocenters. The Morgan fingerprint density at radius 3 is 2.59 bits per heavy atom. The Morgan fingerprint density at radius 2 is 1.76 bits per heavy atom. The number of hydrogen-bond donors (Lipinski definition) is 2. The number of para-hydroxylation sites is 2. The predicted octanol–water partition coefficient (Wildman–Crippen LogP) is 5.57. The van der Waals surface area contributed by atoms with E-state index in [0.29, 0.717) is 17.0 Å². The summed E-state index contributed by atoms with van der Waals surface area (Å²) in [5.41, 5.74) is 5.16. The zero-order valence-corrected chi connectivity index (χ0v) is 16.2. The summed E-state index contributed by atoms with van der Waals surface area (Å²) < 4.78 is 11.5. The lowest BCUT2D eigenvalue weighted by molar-refractivity contribution is -0.115. The first-order valence-electron chi connectivity index (χ1n) is 9.49. The quantitative estimate of drug-likeness (QED) is 0.426. The molecule has 0 atom stereocenters. The Morgan fingerprint density at radius 1 is 1.00 bits per heavy atom. The van der Waals surface area contributed by atoms with Gasteiger partial charge < -0.3 is 19.5 Å². The van der Waals surface area contributed by atoms with E-state index in [1.54, 1.807) is 7.11 Å². The molecule has 5 aromatic rings. The molecule has 0 radical (unpaired) electrons. The highest BCUT2D eigenvalue weighted by Crippen LogP contribution is 2.36. The molecule has 0 fully saturated rings. The van der Waals surface area contributed by atoms with Crippen LogP contribution in [0.15, 0.2) is 65.1 Å². The summed E-state index contributed by atoms with van der Waals surface area (Å²) in [6, 6.07) is 19.6. The fraction of sp³-hybridized carbons (Fsp3) is 0.125. The number of ether oxygens (including phenoxy) is 1. The van der Waals surface area contributed by atoms with Crippen molar-refractivity contribution in [2.24, 2.45) is 0 Å². The predicted molar refractivity (Wildman–Crippen MR) is 116 cm³/mol. The molecule has 0 saturated carbocycles. The molecule has 0 aliphatic carbocycles. The number of benzene rings is 3. The molecular weight excluding hydrogens is 364 g/mol. The van der Waals surface area contributed by atoms with E-state index in [0.717, 1.165) is 38.5 Å². The Kier molecular flexibility index (Phi) is 4.02. The monoisotopic (exact) mass is 384 g/mol. The van der Waals surface area contributed by atoms with E-state index in [2.05, 4.69) is 10.3 Å². The molecule has 5 rings (SSSR count). The maximum absolute atomic E-state index is 12.8. The number of rotatable bonds is 4. The third kappa shape index (κ3) is 2.91. The zero-order chi connectivity index (χ0) is 20.0. The van der Waals surface area contributed by atoms with Gasteiger partial charge in [-0.25, -0.2) is 0 Å². The molecule has 5 heteroatoms.